The highest BCUT2D eigenvalue weighted by molar-refractivity contribution is 5.90. The Morgan fingerprint density at radius 3 is 3.19 bits per heavy atom. The third-order valence-electron chi connectivity index (χ3n) is 2.67. The van der Waals surface area contributed by atoms with E-state index in [4.69, 9.17) is 9.47 Å². The molecule has 0 radical (unpaired) electrons. The highest BCUT2D eigenvalue weighted by Gasteiger charge is 2.27. The molecule has 0 spiro atoms. The number of carbonyl (C=O) groups excluding carboxylic acids is 1. The Morgan fingerprint density at radius 2 is 2.56 bits per heavy atom. The number of carbonyl (C=O) groups is 1. The standard InChI is InChI=1S/C11H16N2O3/c1-3-16-11(14)9-6-13(2)12-10(9)8-4-5-15-7-8/h6,8H,3-5,7H2,1-2H3. The van der Waals surface area contributed by atoms with Crippen molar-refractivity contribution in [1.29, 1.82) is 0 Å². The van der Waals surface area contributed by atoms with Gasteiger partial charge >= 0.3 is 5.97 Å². The van der Waals surface area contributed by atoms with Crippen LogP contribution in [-0.2, 0) is 16.5 Å². The van der Waals surface area contributed by atoms with Gasteiger partial charge in [0.1, 0.15) is 5.56 Å². The zero-order valence-electron chi connectivity index (χ0n) is 9.60. The van der Waals surface area contributed by atoms with Crippen LogP contribution in [0.2, 0.25) is 0 Å². The quantitative estimate of drug-likeness (QED) is 0.721. The Morgan fingerprint density at radius 1 is 1.75 bits per heavy atom. The number of hydrogen-bond donors (Lipinski definition) is 0. The Labute approximate surface area is 94.3 Å². The minimum atomic E-state index is -0.294. The molecule has 1 aromatic heterocycles. The van der Waals surface area contributed by atoms with E-state index < -0.39 is 0 Å². The molecule has 2 heterocycles. The van der Waals surface area contributed by atoms with Crippen LogP contribution in [0.1, 0.15) is 35.3 Å². The molecular weight excluding hydrogens is 208 g/mol. The van der Waals surface area contributed by atoms with Gasteiger partial charge in [0.25, 0.3) is 0 Å². The van der Waals surface area contributed by atoms with Gasteiger partial charge in [0.2, 0.25) is 0 Å². The van der Waals surface area contributed by atoms with Crippen LogP contribution in [0.25, 0.3) is 0 Å². The summed E-state index contributed by atoms with van der Waals surface area (Å²) >= 11 is 0. The molecule has 0 bridgehead atoms. The van der Waals surface area contributed by atoms with Gasteiger partial charge in [-0.2, -0.15) is 5.10 Å². The van der Waals surface area contributed by atoms with E-state index >= 15 is 0 Å². The van der Waals surface area contributed by atoms with Gasteiger partial charge in [0.15, 0.2) is 0 Å². The molecule has 1 aliphatic heterocycles. The van der Waals surface area contributed by atoms with Crippen LogP contribution in [-0.4, -0.2) is 35.6 Å². The highest BCUT2D eigenvalue weighted by atomic mass is 16.5. The van der Waals surface area contributed by atoms with Crippen molar-refractivity contribution in [2.24, 2.45) is 7.05 Å². The lowest BCUT2D eigenvalue weighted by Crippen LogP contribution is -2.09. The number of hydrogen-bond acceptors (Lipinski definition) is 4. The second kappa shape index (κ2) is 4.65. The Bertz CT molecular complexity index is 381. The zero-order chi connectivity index (χ0) is 11.5. The fraction of sp³-hybridized carbons (Fsp3) is 0.636. The lowest BCUT2D eigenvalue weighted by molar-refractivity contribution is 0.0524. The van der Waals surface area contributed by atoms with Gasteiger partial charge in [-0.25, -0.2) is 4.79 Å². The molecule has 88 valence electrons. The van der Waals surface area contributed by atoms with Gasteiger partial charge < -0.3 is 9.47 Å². The van der Waals surface area contributed by atoms with E-state index in [1.807, 2.05) is 7.05 Å². The number of ether oxygens (including phenoxy) is 2. The van der Waals surface area contributed by atoms with Gasteiger partial charge in [-0.05, 0) is 13.3 Å². The van der Waals surface area contributed by atoms with Crippen molar-refractivity contribution in [3.8, 4) is 0 Å². The van der Waals surface area contributed by atoms with Gasteiger partial charge in [-0.1, -0.05) is 0 Å². The minimum Gasteiger partial charge on any atom is -0.462 e. The highest BCUT2D eigenvalue weighted by Crippen LogP contribution is 2.26. The average Bonchev–Trinajstić information content (AvgIpc) is 2.85. The Balaban J connectivity index is 2.25. The summed E-state index contributed by atoms with van der Waals surface area (Å²) in [6.45, 7) is 3.56. The van der Waals surface area contributed by atoms with Crippen LogP contribution in [0.5, 0.6) is 0 Å². The molecule has 1 aliphatic rings. The van der Waals surface area contributed by atoms with E-state index in [9.17, 15) is 4.79 Å². The molecular formula is C11H16N2O3. The fourth-order valence-corrected chi connectivity index (χ4v) is 1.92. The maximum atomic E-state index is 11.7. The number of aryl methyl sites for hydroxylation is 1. The monoisotopic (exact) mass is 224 g/mol. The number of aromatic nitrogens is 2. The first kappa shape index (κ1) is 11.1. The van der Waals surface area contributed by atoms with Crippen LogP contribution in [0.15, 0.2) is 6.20 Å². The molecule has 2 rings (SSSR count). The van der Waals surface area contributed by atoms with Crippen molar-refractivity contribution in [3.63, 3.8) is 0 Å². The van der Waals surface area contributed by atoms with E-state index in [-0.39, 0.29) is 11.9 Å². The summed E-state index contributed by atoms with van der Waals surface area (Å²) in [4.78, 5) is 11.7. The normalized spacial score (nSPS) is 20.0. The van der Waals surface area contributed by atoms with Gasteiger partial charge in [0, 0.05) is 25.8 Å². The number of nitrogens with zero attached hydrogens (tertiary/aromatic N) is 2. The summed E-state index contributed by atoms with van der Waals surface area (Å²) in [6, 6.07) is 0. The van der Waals surface area contributed by atoms with Crippen molar-refractivity contribution in [2.45, 2.75) is 19.3 Å². The summed E-state index contributed by atoms with van der Waals surface area (Å²) in [5.74, 6) is -0.0712. The molecule has 1 atom stereocenters. The molecule has 1 saturated heterocycles. The maximum absolute atomic E-state index is 11.7. The van der Waals surface area contributed by atoms with Crippen molar-refractivity contribution < 1.29 is 14.3 Å². The first-order valence-electron chi connectivity index (χ1n) is 5.50. The van der Waals surface area contributed by atoms with Crippen molar-refractivity contribution in [2.75, 3.05) is 19.8 Å². The van der Waals surface area contributed by atoms with Crippen molar-refractivity contribution in [1.82, 2.24) is 9.78 Å². The molecule has 0 amide bonds. The SMILES string of the molecule is CCOC(=O)c1cn(C)nc1C1CCOC1. The van der Waals surface area contributed by atoms with Crippen LogP contribution in [0.4, 0.5) is 0 Å². The topological polar surface area (TPSA) is 53.4 Å². The second-order valence-electron chi connectivity index (χ2n) is 3.88. The van der Waals surface area contributed by atoms with Crippen LogP contribution >= 0.6 is 0 Å². The second-order valence-corrected chi connectivity index (χ2v) is 3.88. The third-order valence-corrected chi connectivity index (χ3v) is 2.67. The summed E-state index contributed by atoms with van der Waals surface area (Å²) in [6.07, 6.45) is 2.63. The number of esters is 1. The van der Waals surface area contributed by atoms with Gasteiger partial charge in [-0.3, -0.25) is 4.68 Å². The largest absolute Gasteiger partial charge is 0.462 e. The van der Waals surface area contributed by atoms with Gasteiger partial charge in [-0.15, -0.1) is 0 Å². The molecule has 0 aliphatic carbocycles. The van der Waals surface area contributed by atoms with E-state index in [2.05, 4.69) is 5.10 Å². The summed E-state index contributed by atoms with van der Waals surface area (Å²) in [5.41, 5.74) is 1.37. The number of rotatable bonds is 3. The molecule has 0 saturated carbocycles. The molecule has 0 aromatic carbocycles. The maximum Gasteiger partial charge on any atom is 0.341 e. The van der Waals surface area contributed by atoms with E-state index in [1.165, 1.54) is 0 Å². The van der Waals surface area contributed by atoms with Crippen LogP contribution in [0.3, 0.4) is 0 Å². The predicted molar refractivity (Wildman–Crippen MR) is 57.3 cm³/mol. The molecule has 5 nitrogen and oxygen atoms in total. The fourth-order valence-electron chi connectivity index (χ4n) is 1.92. The predicted octanol–water partition coefficient (Wildman–Crippen LogP) is 1.10. The third kappa shape index (κ3) is 2.09. The summed E-state index contributed by atoms with van der Waals surface area (Å²) in [7, 11) is 1.81. The molecule has 1 unspecified atom stereocenters. The van der Waals surface area contributed by atoms with E-state index in [0.29, 0.717) is 18.8 Å². The van der Waals surface area contributed by atoms with Crippen LogP contribution < -0.4 is 0 Å². The van der Waals surface area contributed by atoms with E-state index in [1.54, 1.807) is 17.8 Å². The lowest BCUT2D eigenvalue weighted by Gasteiger charge is -2.06. The minimum absolute atomic E-state index is 0.223. The Kier molecular flexibility index (Phi) is 3.24. The van der Waals surface area contributed by atoms with Crippen molar-refractivity contribution in [3.05, 3.63) is 17.5 Å². The van der Waals surface area contributed by atoms with Crippen molar-refractivity contribution >= 4 is 5.97 Å². The molecule has 16 heavy (non-hydrogen) atoms. The molecule has 1 fully saturated rings. The molecule has 0 N–H and O–H groups in total. The zero-order valence-corrected chi connectivity index (χ0v) is 9.60. The Hall–Kier alpha value is -1.36. The summed E-state index contributed by atoms with van der Waals surface area (Å²) in [5, 5.41) is 4.33. The smallest absolute Gasteiger partial charge is 0.341 e. The van der Waals surface area contributed by atoms with Crippen LogP contribution in [0, 0.1) is 0 Å². The average molecular weight is 224 g/mol. The molecule has 1 aromatic rings. The van der Waals surface area contributed by atoms with E-state index in [0.717, 1.165) is 18.7 Å². The first-order valence-corrected chi connectivity index (χ1v) is 5.50. The lowest BCUT2D eigenvalue weighted by atomic mass is 10.0. The van der Waals surface area contributed by atoms with Gasteiger partial charge in [0.05, 0.1) is 18.9 Å². The first-order chi connectivity index (χ1) is 7.72. The summed E-state index contributed by atoms with van der Waals surface area (Å²) < 4.78 is 12.0. The molecule has 5 heteroatoms.